The molecule has 0 saturated carbocycles. The van der Waals surface area contributed by atoms with Crippen molar-refractivity contribution >= 4 is 38.1 Å². The molecule has 0 aliphatic carbocycles. The average molecular weight is 533 g/mol. The minimum Gasteiger partial charge on any atom is -0.360 e. The predicted octanol–water partition coefficient (Wildman–Crippen LogP) is 0.187. The van der Waals surface area contributed by atoms with Crippen LogP contribution in [0.3, 0.4) is 0 Å². The Morgan fingerprint density at radius 3 is 0.812 bits per heavy atom. The van der Waals surface area contributed by atoms with Crippen LogP contribution in [-0.4, -0.2) is 117 Å². The van der Waals surface area contributed by atoms with Crippen molar-refractivity contribution in [3.8, 4) is 0 Å². The van der Waals surface area contributed by atoms with Gasteiger partial charge in [0.1, 0.15) is 23.7 Å². The Balaban J connectivity index is 0. The second-order valence-electron chi connectivity index (χ2n) is 7.05. The summed E-state index contributed by atoms with van der Waals surface area (Å²) in [6.07, 6.45) is 0. The van der Waals surface area contributed by atoms with Crippen LogP contribution in [0.5, 0.6) is 0 Å². The summed E-state index contributed by atoms with van der Waals surface area (Å²) in [5.41, 5.74) is 0. The highest BCUT2D eigenvalue weighted by Gasteiger charge is 2.12. The molecule has 196 valence electrons. The Morgan fingerprint density at radius 1 is 0.406 bits per heavy atom. The lowest BCUT2D eigenvalue weighted by Gasteiger charge is -2.18. The number of hydrogen-bond donors (Lipinski definition) is 0. The molecule has 12 heteroatoms. The largest absolute Gasteiger partial charge is 0.360 e. The van der Waals surface area contributed by atoms with Gasteiger partial charge < -0.3 is 37.9 Å². The minimum absolute atomic E-state index is 0.0764. The van der Waals surface area contributed by atoms with Crippen molar-refractivity contribution in [3.05, 3.63) is 0 Å². The molecule has 0 aliphatic heterocycles. The predicted molar refractivity (Wildman–Crippen MR) is 143 cm³/mol. The van der Waals surface area contributed by atoms with Crippen molar-refractivity contribution in [2.24, 2.45) is 0 Å². The van der Waals surface area contributed by atoms with Crippen LogP contribution in [0.2, 0.25) is 24.2 Å². The van der Waals surface area contributed by atoms with Crippen LogP contribution in [0.4, 0.5) is 0 Å². The molecule has 0 bridgehead atoms. The molecule has 0 spiro atoms. The number of rotatable bonds is 22. The summed E-state index contributed by atoms with van der Waals surface area (Å²) in [5.74, 6) is 0.360. The maximum atomic E-state index is 5.58. The zero-order valence-corrected chi connectivity index (χ0v) is 27.7. The van der Waals surface area contributed by atoms with Crippen LogP contribution in [0, 0.1) is 0 Å². The lowest BCUT2D eigenvalue weighted by Crippen LogP contribution is -2.27. The molecule has 0 radical (unpaired) electrons. The van der Waals surface area contributed by atoms with Gasteiger partial charge in [-0.3, -0.25) is 0 Å². The zero-order valence-electron chi connectivity index (χ0n) is 22.1. The van der Waals surface area contributed by atoms with E-state index >= 15 is 0 Å². The van der Waals surface area contributed by atoms with Gasteiger partial charge in [-0.05, 0) is 27.7 Å². The molecule has 0 aliphatic rings. The van der Waals surface area contributed by atoms with Crippen molar-refractivity contribution in [2.45, 2.75) is 75.5 Å². The third-order valence-corrected chi connectivity index (χ3v) is 14.5. The molecule has 0 fully saturated rings. The van der Waals surface area contributed by atoms with E-state index in [9.17, 15) is 0 Å². The first kappa shape index (κ1) is 34.7. The first-order valence-corrected chi connectivity index (χ1v) is 19.4. The third kappa shape index (κ3) is 22.3. The summed E-state index contributed by atoms with van der Waals surface area (Å²) in [6, 6.07) is 5.05. The van der Waals surface area contributed by atoms with Gasteiger partial charge >= 0.3 is 0 Å². The Labute approximate surface area is 206 Å². The summed E-state index contributed by atoms with van der Waals surface area (Å²) in [5, 5.41) is 0. The fourth-order valence-electron chi connectivity index (χ4n) is 3.08. The molecule has 8 nitrogen and oxygen atoms in total. The van der Waals surface area contributed by atoms with Gasteiger partial charge in [0.25, 0.3) is 0 Å². The molecule has 32 heavy (non-hydrogen) atoms. The molecular formula is C20H52O8Si4. The van der Waals surface area contributed by atoms with Crippen LogP contribution < -0.4 is 0 Å². The van der Waals surface area contributed by atoms with Gasteiger partial charge in [0, 0.05) is 54.9 Å². The van der Waals surface area contributed by atoms with E-state index in [1.54, 1.807) is 28.4 Å². The van der Waals surface area contributed by atoms with E-state index in [0.717, 1.165) is 26.4 Å². The van der Waals surface area contributed by atoms with Crippen molar-refractivity contribution in [1.29, 1.82) is 0 Å². The highest BCUT2D eigenvalue weighted by molar-refractivity contribution is 6.43. The van der Waals surface area contributed by atoms with Gasteiger partial charge in [-0.15, -0.1) is 0 Å². The highest BCUT2D eigenvalue weighted by Crippen LogP contribution is 2.03. The monoisotopic (exact) mass is 532 g/mol. The summed E-state index contributed by atoms with van der Waals surface area (Å²) in [4.78, 5) is 0. The minimum atomic E-state index is -0.288. The Morgan fingerprint density at radius 2 is 0.625 bits per heavy atom. The molecule has 0 saturated heterocycles. The smallest absolute Gasteiger partial charge is 0.134 e. The fourth-order valence-corrected chi connectivity index (χ4v) is 11.6. The van der Waals surface area contributed by atoms with Gasteiger partial charge in [-0.25, -0.2) is 0 Å². The van der Waals surface area contributed by atoms with E-state index in [1.165, 1.54) is 24.2 Å². The lowest BCUT2D eigenvalue weighted by atomic mass is 10.8. The maximum absolute atomic E-state index is 5.58. The van der Waals surface area contributed by atoms with Crippen molar-refractivity contribution < 1.29 is 37.9 Å². The van der Waals surface area contributed by atoms with E-state index in [0.29, 0.717) is 0 Å². The molecule has 0 rings (SSSR count). The zero-order chi connectivity index (χ0) is 24.5. The number of methoxy groups -OCH3 is 4. The Bertz CT molecular complexity index is 310. The molecule has 0 N–H and O–H groups in total. The molecule has 0 aromatic heterocycles. The quantitative estimate of drug-likeness (QED) is 0.111. The van der Waals surface area contributed by atoms with Crippen LogP contribution in [-0.2, 0) is 37.9 Å². The summed E-state index contributed by atoms with van der Waals surface area (Å²) < 4.78 is 42.9. The van der Waals surface area contributed by atoms with Crippen molar-refractivity contribution in [2.75, 3.05) is 54.9 Å². The molecular weight excluding hydrogens is 481 g/mol. The van der Waals surface area contributed by atoms with Gasteiger partial charge in [-0.1, -0.05) is 24.2 Å². The molecule has 0 aromatic rings. The Kier molecular flexibility index (Phi) is 30.1. The van der Waals surface area contributed by atoms with Crippen LogP contribution in [0.25, 0.3) is 0 Å². The van der Waals surface area contributed by atoms with E-state index in [1.807, 2.05) is 27.7 Å². The average Bonchev–Trinajstić information content (AvgIpc) is 2.80. The van der Waals surface area contributed by atoms with Crippen LogP contribution in [0.15, 0.2) is 0 Å². The summed E-state index contributed by atoms with van der Waals surface area (Å²) in [6.45, 7) is 11.1. The second kappa shape index (κ2) is 27.8. The van der Waals surface area contributed by atoms with Gasteiger partial charge in [-0.2, -0.15) is 0 Å². The molecule has 0 atom stereocenters. The first-order valence-electron chi connectivity index (χ1n) is 12.1. The van der Waals surface area contributed by atoms with Crippen molar-refractivity contribution in [3.63, 3.8) is 0 Å². The van der Waals surface area contributed by atoms with Crippen molar-refractivity contribution in [1.82, 2.24) is 0 Å². The normalized spacial score (nSPS) is 13.1. The molecule has 0 amide bonds. The summed E-state index contributed by atoms with van der Waals surface area (Å²) in [7, 11) is 5.72. The maximum Gasteiger partial charge on any atom is 0.134 e. The highest BCUT2D eigenvalue weighted by atomic mass is 28.2. The van der Waals surface area contributed by atoms with Gasteiger partial charge in [0.15, 0.2) is 0 Å². The number of ether oxygens (including phenoxy) is 8. The lowest BCUT2D eigenvalue weighted by molar-refractivity contribution is -0.0838. The molecule has 0 heterocycles. The topological polar surface area (TPSA) is 73.8 Å². The van der Waals surface area contributed by atoms with E-state index in [-0.39, 0.29) is 61.7 Å². The second-order valence-corrected chi connectivity index (χ2v) is 14.9. The van der Waals surface area contributed by atoms with Gasteiger partial charge in [0.05, 0.1) is 38.1 Å². The third-order valence-electron chi connectivity index (χ3n) is 4.72. The summed E-state index contributed by atoms with van der Waals surface area (Å²) >= 11 is 0. The van der Waals surface area contributed by atoms with E-state index < -0.39 is 0 Å². The van der Waals surface area contributed by atoms with Crippen LogP contribution in [0.1, 0.15) is 27.7 Å². The first-order chi connectivity index (χ1) is 15.6. The molecule has 0 unspecified atom stereocenters. The standard InChI is InChI=1S/C12H30O4Si2.C8H22O4Si2/c1-5-13-11(14-6-2)17-9-10-18-12(15-7-3)16-8-4;1-9-7(10-2)13-5-6-14-8(11-3)12-4/h11-12H,5-10,17-18H2,1-4H3;7-8H,5-6,13-14H2,1-4H3. The SMILES string of the molecule is CCOC(OCC)[SiH2]CC[SiH2]C(OCC)OCC.COC(OC)[SiH2]CC[SiH2]C(OC)OC. The van der Waals surface area contributed by atoms with Gasteiger partial charge in [0.2, 0.25) is 0 Å². The molecule has 0 aromatic carbocycles. The fraction of sp³-hybridized carbons (Fsp3) is 1.00. The Hall–Kier alpha value is 0.548. The van der Waals surface area contributed by atoms with Crippen LogP contribution >= 0.6 is 0 Å². The number of hydrogen-bond acceptors (Lipinski definition) is 8. The van der Waals surface area contributed by atoms with E-state index in [4.69, 9.17) is 37.9 Å². The van der Waals surface area contributed by atoms with E-state index in [2.05, 4.69) is 0 Å².